The molecule has 0 amide bonds. The van der Waals surface area contributed by atoms with Crippen LogP contribution in [-0.2, 0) is 9.53 Å². The fourth-order valence-electron chi connectivity index (χ4n) is 2.48. The normalized spacial score (nSPS) is 32.7. The van der Waals surface area contributed by atoms with E-state index in [2.05, 4.69) is 26.1 Å². The molecular weight excluding hydrogens is 190 g/mol. The summed E-state index contributed by atoms with van der Waals surface area (Å²) in [6.45, 7) is 6.39. The Morgan fingerprint density at radius 2 is 2.33 bits per heavy atom. The smallest absolute Gasteiger partial charge is 0.326 e. The van der Waals surface area contributed by atoms with Crippen molar-refractivity contribution < 1.29 is 9.53 Å². The van der Waals surface area contributed by atoms with Gasteiger partial charge in [-0.1, -0.05) is 20.3 Å². The lowest BCUT2D eigenvalue weighted by Gasteiger charge is -2.34. The molecule has 1 rings (SSSR count). The summed E-state index contributed by atoms with van der Waals surface area (Å²) >= 11 is 0. The third-order valence-corrected chi connectivity index (χ3v) is 3.72. The van der Waals surface area contributed by atoms with Crippen molar-refractivity contribution in [2.24, 2.45) is 5.92 Å². The number of ether oxygens (including phenoxy) is 1. The second-order valence-corrected chi connectivity index (χ2v) is 4.71. The average molecular weight is 213 g/mol. The molecule has 3 heteroatoms. The summed E-state index contributed by atoms with van der Waals surface area (Å²) in [4.78, 5) is 11.9. The Kier molecular flexibility index (Phi) is 4.14. The minimum Gasteiger partial charge on any atom is -0.468 e. The minimum atomic E-state index is -0.426. The highest BCUT2D eigenvalue weighted by molar-refractivity contribution is 5.81. The topological polar surface area (TPSA) is 38.3 Å². The van der Waals surface area contributed by atoms with E-state index in [4.69, 9.17) is 4.74 Å². The van der Waals surface area contributed by atoms with Gasteiger partial charge in [-0.3, -0.25) is 10.1 Å². The fraction of sp³-hybridized carbons (Fsp3) is 0.917. The first-order valence-electron chi connectivity index (χ1n) is 5.93. The Morgan fingerprint density at radius 3 is 2.73 bits per heavy atom. The molecule has 1 fully saturated rings. The van der Waals surface area contributed by atoms with Gasteiger partial charge in [0.05, 0.1) is 7.11 Å². The van der Waals surface area contributed by atoms with Gasteiger partial charge in [-0.05, 0) is 32.1 Å². The summed E-state index contributed by atoms with van der Waals surface area (Å²) in [5, 5.41) is 3.47. The van der Waals surface area contributed by atoms with Crippen LogP contribution < -0.4 is 5.32 Å². The van der Waals surface area contributed by atoms with Crippen LogP contribution in [-0.4, -0.2) is 24.7 Å². The van der Waals surface area contributed by atoms with E-state index >= 15 is 0 Å². The van der Waals surface area contributed by atoms with Gasteiger partial charge in [-0.15, -0.1) is 0 Å². The number of esters is 1. The number of carbonyl (C=O) groups excluding carboxylic acids is 1. The maximum atomic E-state index is 11.9. The molecule has 15 heavy (non-hydrogen) atoms. The van der Waals surface area contributed by atoms with Gasteiger partial charge in [0.15, 0.2) is 0 Å². The monoisotopic (exact) mass is 213 g/mol. The van der Waals surface area contributed by atoms with Crippen LogP contribution in [0, 0.1) is 5.92 Å². The third kappa shape index (κ3) is 2.33. The first-order valence-corrected chi connectivity index (χ1v) is 5.93. The van der Waals surface area contributed by atoms with Crippen molar-refractivity contribution in [3.8, 4) is 0 Å². The highest BCUT2D eigenvalue weighted by Gasteiger charge is 2.48. The quantitative estimate of drug-likeness (QED) is 0.727. The zero-order valence-electron chi connectivity index (χ0n) is 10.3. The molecule has 1 aliphatic rings. The van der Waals surface area contributed by atoms with Crippen molar-refractivity contribution in [2.45, 2.75) is 58.0 Å². The van der Waals surface area contributed by atoms with E-state index in [0.29, 0.717) is 12.0 Å². The van der Waals surface area contributed by atoms with Gasteiger partial charge in [-0.2, -0.15) is 0 Å². The van der Waals surface area contributed by atoms with E-state index in [-0.39, 0.29) is 5.97 Å². The van der Waals surface area contributed by atoms with Gasteiger partial charge >= 0.3 is 5.97 Å². The first kappa shape index (κ1) is 12.5. The van der Waals surface area contributed by atoms with E-state index in [0.717, 1.165) is 25.7 Å². The lowest BCUT2D eigenvalue weighted by atomic mass is 9.87. The highest BCUT2D eigenvalue weighted by Crippen LogP contribution is 2.36. The van der Waals surface area contributed by atoms with Crippen molar-refractivity contribution in [1.29, 1.82) is 0 Å². The molecule has 3 nitrogen and oxygen atoms in total. The lowest BCUT2D eigenvalue weighted by Crippen LogP contribution is -2.57. The molecule has 0 saturated heterocycles. The van der Waals surface area contributed by atoms with E-state index < -0.39 is 5.54 Å². The zero-order chi connectivity index (χ0) is 11.5. The molecule has 1 aliphatic carbocycles. The van der Waals surface area contributed by atoms with Crippen LogP contribution in [0.2, 0.25) is 0 Å². The highest BCUT2D eigenvalue weighted by atomic mass is 16.5. The maximum Gasteiger partial charge on any atom is 0.326 e. The minimum absolute atomic E-state index is 0.0900. The second-order valence-electron chi connectivity index (χ2n) is 4.71. The first-order chi connectivity index (χ1) is 7.06. The molecule has 0 spiro atoms. The Morgan fingerprint density at radius 1 is 1.67 bits per heavy atom. The summed E-state index contributed by atoms with van der Waals surface area (Å²) in [6.07, 6.45) is 4.16. The molecule has 0 aromatic rings. The van der Waals surface area contributed by atoms with Gasteiger partial charge in [-0.25, -0.2) is 0 Å². The molecule has 1 N–H and O–H groups in total. The maximum absolute atomic E-state index is 11.9. The number of nitrogens with one attached hydrogen (secondary N) is 1. The van der Waals surface area contributed by atoms with Crippen molar-refractivity contribution in [3.63, 3.8) is 0 Å². The summed E-state index contributed by atoms with van der Waals surface area (Å²) in [6, 6.07) is 0.365. The SMILES string of the molecule is CCC(C)NC1(C(=O)OC)CCCC1C. The van der Waals surface area contributed by atoms with Crippen molar-refractivity contribution in [1.82, 2.24) is 5.32 Å². The zero-order valence-corrected chi connectivity index (χ0v) is 10.3. The predicted molar refractivity (Wildman–Crippen MR) is 60.7 cm³/mol. The summed E-state index contributed by atoms with van der Waals surface area (Å²) < 4.78 is 4.95. The molecule has 0 bridgehead atoms. The van der Waals surface area contributed by atoms with Crippen molar-refractivity contribution >= 4 is 5.97 Å². The molecule has 0 aromatic heterocycles. The average Bonchev–Trinajstić information content (AvgIpc) is 2.60. The number of methoxy groups -OCH3 is 1. The van der Waals surface area contributed by atoms with Crippen molar-refractivity contribution in [2.75, 3.05) is 7.11 Å². The number of carbonyl (C=O) groups is 1. The van der Waals surface area contributed by atoms with Crippen LogP contribution in [0.15, 0.2) is 0 Å². The van der Waals surface area contributed by atoms with Crippen LogP contribution in [0.4, 0.5) is 0 Å². The van der Waals surface area contributed by atoms with Crippen molar-refractivity contribution in [3.05, 3.63) is 0 Å². The van der Waals surface area contributed by atoms with E-state index in [1.807, 2.05) is 0 Å². The Labute approximate surface area is 92.6 Å². The lowest BCUT2D eigenvalue weighted by molar-refractivity contribution is -0.150. The summed E-state index contributed by atoms with van der Waals surface area (Å²) in [5.74, 6) is 0.284. The Bertz CT molecular complexity index is 230. The third-order valence-electron chi connectivity index (χ3n) is 3.72. The van der Waals surface area contributed by atoms with E-state index in [1.165, 1.54) is 7.11 Å². The van der Waals surface area contributed by atoms with Gasteiger partial charge in [0.25, 0.3) is 0 Å². The molecule has 88 valence electrons. The standard InChI is InChI=1S/C12H23NO2/c1-5-10(3)13-12(11(14)15-4)8-6-7-9(12)2/h9-10,13H,5-8H2,1-4H3. The van der Waals surface area contributed by atoms with E-state index in [9.17, 15) is 4.79 Å². The molecular formula is C12H23NO2. The molecule has 1 saturated carbocycles. The molecule has 0 aromatic carbocycles. The van der Waals surface area contributed by atoms with Gasteiger partial charge < -0.3 is 4.74 Å². The molecule has 3 unspecified atom stereocenters. The number of rotatable bonds is 4. The van der Waals surface area contributed by atoms with Crippen LogP contribution >= 0.6 is 0 Å². The van der Waals surface area contributed by atoms with Gasteiger partial charge in [0.1, 0.15) is 5.54 Å². The number of hydrogen-bond donors (Lipinski definition) is 1. The molecule has 0 radical (unpaired) electrons. The predicted octanol–water partition coefficient (Wildman–Crippen LogP) is 2.11. The molecule has 0 aliphatic heterocycles. The van der Waals surface area contributed by atoms with Crippen LogP contribution in [0.1, 0.15) is 46.5 Å². The summed E-state index contributed by atoms with van der Waals surface area (Å²) in [5.41, 5.74) is -0.426. The van der Waals surface area contributed by atoms with Crippen LogP contribution in [0.3, 0.4) is 0 Å². The number of hydrogen-bond acceptors (Lipinski definition) is 3. The van der Waals surface area contributed by atoms with Gasteiger partial charge in [0.2, 0.25) is 0 Å². The van der Waals surface area contributed by atoms with Gasteiger partial charge in [0, 0.05) is 6.04 Å². The molecule has 0 heterocycles. The van der Waals surface area contributed by atoms with Crippen LogP contribution in [0.25, 0.3) is 0 Å². The van der Waals surface area contributed by atoms with E-state index in [1.54, 1.807) is 0 Å². The van der Waals surface area contributed by atoms with Crippen LogP contribution in [0.5, 0.6) is 0 Å². The molecule has 3 atom stereocenters. The largest absolute Gasteiger partial charge is 0.468 e. The summed E-state index contributed by atoms with van der Waals surface area (Å²) in [7, 11) is 1.48. The fourth-order valence-corrected chi connectivity index (χ4v) is 2.48. The Balaban J connectivity index is 2.81. The second kappa shape index (κ2) is 4.97. The Hall–Kier alpha value is -0.570.